The number of benzene rings is 1. The first-order valence-corrected chi connectivity index (χ1v) is 10.4. The molecule has 3 fully saturated rings. The van der Waals surface area contributed by atoms with Crippen molar-refractivity contribution in [1.82, 2.24) is 9.88 Å². The molecule has 4 heterocycles. The number of aromatic nitrogens is 1. The van der Waals surface area contributed by atoms with Crippen molar-refractivity contribution < 1.29 is 14.9 Å². The van der Waals surface area contributed by atoms with Crippen LogP contribution in [0.5, 0.6) is 5.75 Å². The number of hydrogen-bond acceptors (Lipinski definition) is 5. The topological polar surface area (TPSA) is 65.8 Å². The third kappa shape index (κ3) is 4.07. The highest BCUT2D eigenvalue weighted by molar-refractivity contribution is 5.84. The Morgan fingerprint density at radius 2 is 2.14 bits per heavy atom. The van der Waals surface area contributed by atoms with Gasteiger partial charge in [0.05, 0.1) is 18.2 Å². The molecule has 3 aliphatic rings. The average molecular weight is 385 g/mol. The SMILES string of the molecule is C/C=C1\CN2CCC1CC2C(O)c1ccnc2ccc(OCCO)cc12.CC. The molecule has 4 atom stereocenters. The van der Waals surface area contributed by atoms with Gasteiger partial charge in [0.15, 0.2) is 0 Å². The van der Waals surface area contributed by atoms with Crippen molar-refractivity contribution in [2.24, 2.45) is 5.92 Å². The molecule has 3 aliphatic heterocycles. The van der Waals surface area contributed by atoms with Crippen LogP contribution >= 0.6 is 0 Å². The molecule has 2 bridgehead atoms. The first kappa shape index (κ1) is 20.8. The number of pyridine rings is 1. The minimum atomic E-state index is -0.546. The van der Waals surface area contributed by atoms with Crippen LogP contribution in [0.25, 0.3) is 10.9 Å². The maximum Gasteiger partial charge on any atom is 0.120 e. The number of allylic oxidation sites excluding steroid dienone is 1. The van der Waals surface area contributed by atoms with Gasteiger partial charge in [-0.15, -0.1) is 0 Å². The van der Waals surface area contributed by atoms with E-state index in [0.29, 0.717) is 11.7 Å². The molecule has 0 radical (unpaired) electrons. The van der Waals surface area contributed by atoms with E-state index in [4.69, 9.17) is 9.84 Å². The van der Waals surface area contributed by atoms with Gasteiger partial charge in [-0.05, 0) is 62.1 Å². The normalized spacial score (nSPS) is 26.0. The summed E-state index contributed by atoms with van der Waals surface area (Å²) in [5, 5.41) is 21.1. The number of nitrogens with zero attached hydrogens (tertiary/aromatic N) is 2. The Morgan fingerprint density at radius 3 is 2.82 bits per heavy atom. The molecule has 5 nitrogen and oxygen atoms in total. The van der Waals surface area contributed by atoms with E-state index in [1.165, 1.54) is 12.0 Å². The largest absolute Gasteiger partial charge is 0.491 e. The molecule has 5 rings (SSSR count). The molecule has 0 saturated carbocycles. The lowest BCUT2D eigenvalue weighted by molar-refractivity contribution is -0.00340. The molecule has 152 valence electrons. The van der Waals surface area contributed by atoms with Gasteiger partial charge in [-0.3, -0.25) is 9.88 Å². The number of aliphatic hydroxyl groups is 2. The van der Waals surface area contributed by atoms with Gasteiger partial charge in [0.25, 0.3) is 0 Å². The second kappa shape index (κ2) is 9.50. The summed E-state index contributed by atoms with van der Waals surface area (Å²) in [6.45, 7) is 8.38. The molecule has 2 N–H and O–H groups in total. The van der Waals surface area contributed by atoms with Crippen molar-refractivity contribution in [3.63, 3.8) is 0 Å². The van der Waals surface area contributed by atoms with Crippen molar-refractivity contribution in [3.05, 3.63) is 47.7 Å². The van der Waals surface area contributed by atoms with Crippen LogP contribution < -0.4 is 4.74 Å². The summed E-state index contributed by atoms with van der Waals surface area (Å²) in [4.78, 5) is 6.84. The first-order valence-electron chi connectivity index (χ1n) is 10.4. The fraction of sp³-hybridized carbons (Fsp3) is 0.522. The Kier molecular flexibility index (Phi) is 7.05. The smallest absolute Gasteiger partial charge is 0.120 e. The van der Waals surface area contributed by atoms with Gasteiger partial charge in [0, 0.05) is 24.2 Å². The number of aliphatic hydroxyl groups excluding tert-OH is 2. The van der Waals surface area contributed by atoms with Crippen molar-refractivity contribution in [1.29, 1.82) is 0 Å². The fourth-order valence-electron chi connectivity index (χ4n) is 4.46. The average Bonchev–Trinajstić information content (AvgIpc) is 2.78. The van der Waals surface area contributed by atoms with E-state index in [2.05, 4.69) is 22.9 Å². The van der Waals surface area contributed by atoms with Crippen LogP contribution in [-0.2, 0) is 0 Å². The quantitative estimate of drug-likeness (QED) is 0.770. The summed E-state index contributed by atoms with van der Waals surface area (Å²) in [6.07, 6.45) is 5.66. The fourth-order valence-corrected chi connectivity index (χ4v) is 4.46. The van der Waals surface area contributed by atoms with Crippen LogP contribution in [0.4, 0.5) is 0 Å². The Hall–Kier alpha value is -1.95. The first-order chi connectivity index (χ1) is 13.7. The molecule has 1 aromatic heterocycles. The standard InChI is InChI=1S/C21H26N2O3.C2H6/c1-2-14-13-23-8-6-15(14)11-20(23)21(25)17-5-7-22-19-4-3-16(12-18(17)19)26-10-9-24;1-2/h2-5,7,12,15,20-21,24-25H,6,8-11,13H2,1H3;1-2H3/b14-2+;. The summed E-state index contributed by atoms with van der Waals surface area (Å²) in [7, 11) is 0. The maximum absolute atomic E-state index is 11.2. The van der Waals surface area contributed by atoms with Gasteiger partial charge < -0.3 is 14.9 Å². The summed E-state index contributed by atoms with van der Waals surface area (Å²) >= 11 is 0. The zero-order valence-electron chi connectivity index (χ0n) is 17.1. The van der Waals surface area contributed by atoms with Crippen molar-refractivity contribution in [2.45, 2.75) is 45.8 Å². The molecule has 0 spiro atoms. The highest BCUT2D eigenvalue weighted by Crippen LogP contribution is 2.41. The van der Waals surface area contributed by atoms with Gasteiger partial charge in [-0.25, -0.2) is 0 Å². The molecule has 5 heteroatoms. The summed E-state index contributed by atoms with van der Waals surface area (Å²) in [6, 6.07) is 7.74. The zero-order chi connectivity index (χ0) is 20.1. The number of piperidine rings is 3. The Balaban J connectivity index is 0.00000109. The molecule has 2 aromatic rings. The summed E-state index contributed by atoms with van der Waals surface area (Å²) < 4.78 is 5.54. The van der Waals surface area contributed by atoms with Crippen LogP contribution in [0.1, 0.15) is 45.3 Å². The predicted molar refractivity (Wildman–Crippen MR) is 112 cm³/mol. The van der Waals surface area contributed by atoms with Gasteiger partial charge >= 0.3 is 0 Å². The second-order valence-electron chi connectivity index (χ2n) is 7.22. The molecule has 0 aliphatic carbocycles. The van der Waals surface area contributed by atoms with E-state index < -0.39 is 6.10 Å². The number of fused-ring (bicyclic) bond motifs is 4. The lowest BCUT2D eigenvalue weighted by Crippen LogP contribution is -2.52. The van der Waals surface area contributed by atoms with Crippen LogP contribution in [-0.4, -0.2) is 52.4 Å². The predicted octanol–water partition coefficient (Wildman–Crippen LogP) is 3.71. The van der Waals surface area contributed by atoms with Crippen LogP contribution in [0.3, 0.4) is 0 Å². The van der Waals surface area contributed by atoms with Gasteiger partial charge in [-0.2, -0.15) is 0 Å². The van der Waals surface area contributed by atoms with Gasteiger partial charge in [0.1, 0.15) is 12.4 Å². The number of rotatable bonds is 5. The van der Waals surface area contributed by atoms with Crippen LogP contribution in [0, 0.1) is 5.92 Å². The van der Waals surface area contributed by atoms with Crippen molar-refractivity contribution >= 4 is 10.9 Å². The molecular weight excluding hydrogens is 352 g/mol. The minimum Gasteiger partial charge on any atom is -0.491 e. The van der Waals surface area contributed by atoms with Gasteiger partial charge in [-0.1, -0.05) is 25.5 Å². The lowest BCUT2D eigenvalue weighted by Gasteiger charge is -2.48. The second-order valence-corrected chi connectivity index (χ2v) is 7.22. The Morgan fingerprint density at radius 1 is 1.32 bits per heavy atom. The van der Waals surface area contributed by atoms with Crippen molar-refractivity contribution in [3.8, 4) is 5.75 Å². The van der Waals surface area contributed by atoms with Crippen molar-refractivity contribution in [2.75, 3.05) is 26.3 Å². The van der Waals surface area contributed by atoms with E-state index in [1.54, 1.807) is 6.20 Å². The molecule has 1 aromatic carbocycles. The molecule has 28 heavy (non-hydrogen) atoms. The van der Waals surface area contributed by atoms with E-state index in [0.717, 1.165) is 36.0 Å². The molecule has 4 unspecified atom stereocenters. The minimum absolute atomic E-state index is 0.0216. The summed E-state index contributed by atoms with van der Waals surface area (Å²) in [5.41, 5.74) is 3.27. The monoisotopic (exact) mass is 384 g/mol. The molecule has 0 amide bonds. The molecular formula is C23H32N2O3. The van der Waals surface area contributed by atoms with E-state index in [1.807, 2.05) is 38.1 Å². The van der Waals surface area contributed by atoms with Crippen LogP contribution in [0.2, 0.25) is 0 Å². The highest BCUT2D eigenvalue weighted by atomic mass is 16.5. The van der Waals surface area contributed by atoms with Crippen LogP contribution in [0.15, 0.2) is 42.1 Å². The third-order valence-corrected chi connectivity index (χ3v) is 5.83. The Bertz CT molecular complexity index is 821. The van der Waals surface area contributed by atoms with E-state index in [9.17, 15) is 5.11 Å². The van der Waals surface area contributed by atoms with E-state index in [-0.39, 0.29) is 19.3 Å². The summed E-state index contributed by atoms with van der Waals surface area (Å²) in [5.74, 6) is 1.29. The van der Waals surface area contributed by atoms with E-state index >= 15 is 0 Å². The third-order valence-electron chi connectivity index (χ3n) is 5.83. The zero-order valence-corrected chi connectivity index (χ0v) is 17.1. The lowest BCUT2D eigenvalue weighted by atomic mass is 9.76. The maximum atomic E-state index is 11.2. The Labute approximate surface area is 167 Å². The van der Waals surface area contributed by atoms with Gasteiger partial charge in [0.2, 0.25) is 0 Å². The molecule has 3 saturated heterocycles. The number of hydrogen-bond donors (Lipinski definition) is 2. The highest BCUT2D eigenvalue weighted by Gasteiger charge is 2.40. The number of ether oxygens (including phenoxy) is 1.